The molecule has 0 spiro atoms. The fraction of sp³-hybridized carbons (Fsp3) is 0.375. The van der Waals surface area contributed by atoms with Crippen LogP contribution in [0.15, 0.2) is 30.3 Å². The van der Waals surface area contributed by atoms with Crippen molar-refractivity contribution in [3.05, 3.63) is 52.8 Å². The first-order valence-corrected chi connectivity index (χ1v) is 6.67. The van der Waals surface area contributed by atoms with Gasteiger partial charge in [-0.1, -0.05) is 37.3 Å². The lowest BCUT2D eigenvalue weighted by Gasteiger charge is -2.16. The SMILES string of the molecule is CCC(C(=O)c1ccccc1)n1nc(C)c(C)c1C. The van der Waals surface area contributed by atoms with Gasteiger partial charge in [-0.15, -0.1) is 0 Å². The van der Waals surface area contributed by atoms with Gasteiger partial charge in [0.1, 0.15) is 6.04 Å². The molecule has 3 nitrogen and oxygen atoms in total. The highest BCUT2D eigenvalue weighted by molar-refractivity contribution is 5.98. The van der Waals surface area contributed by atoms with Crippen LogP contribution in [0, 0.1) is 20.8 Å². The van der Waals surface area contributed by atoms with Gasteiger partial charge >= 0.3 is 0 Å². The van der Waals surface area contributed by atoms with Crippen LogP contribution in [0.3, 0.4) is 0 Å². The molecule has 1 aromatic carbocycles. The van der Waals surface area contributed by atoms with Crippen molar-refractivity contribution in [3.63, 3.8) is 0 Å². The molecule has 2 aromatic rings. The highest BCUT2D eigenvalue weighted by atomic mass is 16.1. The smallest absolute Gasteiger partial charge is 0.187 e. The number of carbonyl (C=O) groups excluding carboxylic acids is 1. The summed E-state index contributed by atoms with van der Waals surface area (Å²) in [5, 5.41) is 4.52. The summed E-state index contributed by atoms with van der Waals surface area (Å²) in [4.78, 5) is 12.6. The minimum atomic E-state index is -0.213. The number of aromatic nitrogens is 2. The standard InChI is InChI=1S/C16H20N2O/c1-5-15(16(19)14-9-7-6-8-10-14)18-13(4)11(2)12(3)17-18/h6-10,15H,5H2,1-4H3. The third-order valence-corrected chi connectivity index (χ3v) is 3.73. The molecule has 19 heavy (non-hydrogen) atoms. The van der Waals surface area contributed by atoms with Crippen LogP contribution in [-0.4, -0.2) is 15.6 Å². The minimum absolute atomic E-state index is 0.133. The van der Waals surface area contributed by atoms with Crippen molar-refractivity contribution in [2.45, 2.75) is 40.2 Å². The van der Waals surface area contributed by atoms with Gasteiger partial charge in [0, 0.05) is 11.3 Å². The summed E-state index contributed by atoms with van der Waals surface area (Å²) in [5.74, 6) is 0.133. The molecule has 100 valence electrons. The number of ketones is 1. The maximum absolute atomic E-state index is 12.6. The molecular weight excluding hydrogens is 236 g/mol. The van der Waals surface area contributed by atoms with Crippen molar-refractivity contribution in [2.24, 2.45) is 0 Å². The molecule has 0 aliphatic carbocycles. The highest BCUT2D eigenvalue weighted by Crippen LogP contribution is 2.22. The number of benzene rings is 1. The Morgan fingerprint density at radius 2 is 1.84 bits per heavy atom. The van der Waals surface area contributed by atoms with Crippen molar-refractivity contribution in [2.75, 3.05) is 0 Å². The van der Waals surface area contributed by atoms with E-state index >= 15 is 0 Å². The molecule has 0 radical (unpaired) electrons. The van der Waals surface area contributed by atoms with E-state index in [9.17, 15) is 4.79 Å². The molecule has 1 unspecified atom stereocenters. The zero-order valence-electron chi connectivity index (χ0n) is 12.0. The predicted octanol–water partition coefficient (Wildman–Crippen LogP) is 3.64. The molecule has 0 saturated heterocycles. The molecular formula is C16H20N2O. The largest absolute Gasteiger partial charge is 0.292 e. The first-order valence-electron chi connectivity index (χ1n) is 6.67. The number of Topliss-reactive ketones (excluding diaryl/α,β-unsaturated/α-hetero) is 1. The molecule has 3 heteroatoms. The summed E-state index contributed by atoms with van der Waals surface area (Å²) in [6.07, 6.45) is 0.745. The highest BCUT2D eigenvalue weighted by Gasteiger charge is 2.23. The minimum Gasteiger partial charge on any atom is -0.292 e. The summed E-state index contributed by atoms with van der Waals surface area (Å²) in [6.45, 7) is 8.08. The predicted molar refractivity (Wildman–Crippen MR) is 76.5 cm³/mol. The molecule has 0 saturated carbocycles. The summed E-state index contributed by atoms with van der Waals surface area (Å²) in [5.41, 5.74) is 3.99. The lowest BCUT2D eigenvalue weighted by atomic mass is 10.0. The third kappa shape index (κ3) is 2.46. The van der Waals surface area contributed by atoms with Gasteiger partial charge in [0.2, 0.25) is 0 Å². The first-order chi connectivity index (χ1) is 9.06. The second-order valence-corrected chi connectivity index (χ2v) is 4.89. The lowest BCUT2D eigenvalue weighted by molar-refractivity contribution is 0.0912. The van der Waals surface area contributed by atoms with Crippen LogP contribution in [-0.2, 0) is 0 Å². The van der Waals surface area contributed by atoms with Gasteiger partial charge in [0.15, 0.2) is 5.78 Å². The molecule has 2 rings (SSSR count). The van der Waals surface area contributed by atoms with Crippen LogP contribution < -0.4 is 0 Å². The topological polar surface area (TPSA) is 34.9 Å². The fourth-order valence-corrected chi connectivity index (χ4v) is 2.31. The van der Waals surface area contributed by atoms with E-state index in [2.05, 4.69) is 5.10 Å². The van der Waals surface area contributed by atoms with E-state index in [4.69, 9.17) is 0 Å². The van der Waals surface area contributed by atoms with Crippen LogP contribution in [0.25, 0.3) is 0 Å². The van der Waals surface area contributed by atoms with Gasteiger partial charge in [-0.05, 0) is 32.8 Å². The van der Waals surface area contributed by atoms with Crippen LogP contribution in [0.4, 0.5) is 0 Å². The van der Waals surface area contributed by atoms with Crippen molar-refractivity contribution >= 4 is 5.78 Å². The lowest BCUT2D eigenvalue weighted by Crippen LogP contribution is -2.21. The van der Waals surface area contributed by atoms with E-state index in [0.29, 0.717) is 0 Å². The van der Waals surface area contributed by atoms with Crippen LogP contribution in [0.5, 0.6) is 0 Å². The molecule has 0 aliphatic rings. The average molecular weight is 256 g/mol. The second-order valence-electron chi connectivity index (χ2n) is 4.89. The monoisotopic (exact) mass is 256 g/mol. The molecule has 1 atom stereocenters. The summed E-state index contributed by atoms with van der Waals surface area (Å²) in [7, 11) is 0. The van der Waals surface area contributed by atoms with E-state index in [1.165, 1.54) is 5.56 Å². The van der Waals surface area contributed by atoms with E-state index in [0.717, 1.165) is 23.4 Å². The Morgan fingerprint density at radius 1 is 1.21 bits per heavy atom. The van der Waals surface area contributed by atoms with E-state index < -0.39 is 0 Å². The third-order valence-electron chi connectivity index (χ3n) is 3.73. The van der Waals surface area contributed by atoms with Gasteiger partial charge in [-0.3, -0.25) is 9.48 Å². The first kappa shape index (κ1) is 13.5. The van der Waals surface area contributed by atoms with Crippen LogP contribution >= 0.6 is 0 Å². The Balaban J connectivity index is 2.40. The molecule has 0 N–H and O–H groups in total. The van der Waals surface area contributed by atoms with Gasteiger partial charge in [0.05, 0.1) is 5.69 Å². The quantitative estimate of drug-likeness (QED) is 0.783. The molecule has 0 bridgehead atoms. The van der Waals surface area contributed by atoms with E-state index in [1.807, 2.05) is 62.7 Å². The van der Waals surface area contributed by atoms with Crippen molar-refractivity contribution in [3.8, 4) is 0 Å². The maximum atomic E-state index is 12.6. The molecule has 0 amide bonds. The van der Waals surface area contributed by atoms with Crippen molar-refractivity contribution in [1.29, 1.82) is 0 Å². The summed E-state index contributed by atoms with van der Waals surface area (Å²) in [6, 6.07) is 9.23. The number of aryl methyl sites for hydroxylation is 1. The summed E-state index contributed by atoms with van der Waals surface area (Å²) >= 11 is 0. The number of rotatable bonds is 4. The maximum Gasteiger partial charge on any atom is 0.187 e. The Morgan fingerprint density at radius 3 is 2.32 bits per heavy atom. The number of hydrogen-bond donors (Lipinski definition) is 0. The molecule has 0 fully saturated rings. The van der Waals surface area contributed by atoms with Gasteiger partial charge in [0.25, 0.3) is 0 Å². The number of nitrogens with zero attached hydrogens (tertiary/aromatic N) is 2. The second kappa shape index (κ2) is 5.39. The van der Waals surface area contributed by atoms with E-state index in [1.54, 1.807) is 0 Å². The zero-order chi connectivity index (χ0) is 14.0. The van der Waals surface area contributed by atoms with Crippen molar-refractivity contribution in [1.82, 2.24) is 9.78 Å². The average Bonchev–Trinajstić information content (AvgIpc) is 2.68. The Kier molecular flexibility index (Phi) is 3.84. The molecule has 0 aliphatic heterocycles. The Hall–Kier alpha value is -1.90. The van der Waals surface area contributed by atoms with Gasteiger partial charge in [-0.25, -0.2) is 0 Å². The Labute approximate surface area is 114 Å². The van der Waals surface area contributed by atoms with E-state index in [-0.39, 0.29) is 11.8 Å². The van der Waals surface area contributed by atoms with Gasteiger partial charge < -0.3 is 0 Å². The van der Waals surface area contributed by atoms with Crippen molar-refractivity contribution < 1.29 is 4.79 Å². The number of hydrogen-bond acceptors (Lipinski definition) is 2. The summed E-state index contributed by atoms with van der Waals surface area (Å²) < 4.78 is 1.88. The molecule has 1 aromatic heterocycles. The zero-order valence-corrected chi connectivity index (χ0v) is 12.0. The normalized spacial score (nSPS) is 12.4. The Bertz CT molecular complexity index is 584. The molecule has 1 heterocycles. The van der Waals surface area contributed by atoms with Gasteiger partial charge in [-0.2, -0.15) is 5.10 Å². The fourth-order valence-electron chi connectivity index (χ4n) is 2.31. The van der Waals surface area contributed by atoms with Crippen LogP contribution in [0.1, 0.15) is 46.7 Å². The van der Waals surface area contributed by atoms with Crippen LogP contribution in [0.2, 0.25) is 0 Å². The number of carbonyl (C=O) groups is 1.